The molecule has 4 amide bonds. The van der Waals surface area contributed by atoms with Crippen LogP contribution in [0.15, 0.2) is 12.2 Å². The van der Waals surface area contributed by atoms with E-state index in [9.17, 15) is 39.6 Å². The van der Waals surface area contributed by atoms with Crippen LogP contribution in [0.25, 0.3) is 0 Å². The Hall–Kier alpha value is -3.18. The average molecular weight is 414 g/mol. The van der Waals surface area contributed by atoms with E-state index in [1.54, 1.807) is 19.1 Å². The molecule has 1 heterocycles. The van der Waals surface area contributed by atoms with Crippen molar-refractivity contribution in [3.05, 3.63) is 12.2 Å². The van der Waals surface area contributed by atoms with E-state index in [1.165, 1.54) is 0 Å². The van der Waals surface area contributed by atoms with E-state index in [0.717, 1.165) is 19.6 Å². The van der Waals surface area contributed by atoms with Crippen LogP contribution >= 0.6 is 0 Å². The second kappa shape index (κ2) is 8.88. The van der Waals surface area contributed by atoms with Gasteiger partial charge in [0.05, 0.1) is 11.6 Å². The summed E-state index contributed by atoms with van der Waals surface area (Å²) >= 11 is 0. The van der Waals surface area contributed by atoms with Crippen LogP contribution in [0.5, 0.6) is 0 Å². The van der Waals surface area contributed by atoms with Crippen LogP contribution in [0.4, 0.5) is 19.2 Å². The summed E-state index contributed by atoms with van der Waals surface area (Å²) in [7, 11) is 0. The van der Waals surface area contributed by atoms with Crippen molar-refractivity contribution in [1.82, 2.24) is 19.6 Å². The van der Waals surface area contributed by atoms with Crippen LogP contribution < -0.4 is 0 Å². The highest BCUT2D eigenvalue weighted by Gasteiger charge is 2.47. The molecule has 1 fully saturated rings. The predicted octanol–water partition coefficient (Wildman–Crippen LogP) is 1.40. The molecule has 0 aromatic rings. The van der Waals surface area contributed by atoms with Crippen LogP contribution in [-0.2, 0) is 0 Å². The molecule has 0 bridgehead atoms. The molecule has 2 aliphatic rings. The summed E-state index contributed by atoms with van der Waals surface area (Å²) in [6.07, 6.45) is -1.04. The maximum atomic E-state index is 12.0. The molecular weight excluding hydrogens is 388 g/mol. The fourth-order valence-corrected chi connectivity index (χ4v) is 3.94. The molecule has 12 nitrogen and oxygen atoms in total. The van der Waals surface area contributed by atoms with E-state index >= 15 is 0 Å². The van der Waals surface area contributed by atoms with Gasteiger partial charge in [-0.2, -0.15) is 0 Å². The van der Waals surface area contributed by atoms with Crippen molar-refractivity contribution in [2.75, 3.05) is 39.3 Å². The third kappa shape index (κ3) is 4.81. The molecule has 4 N–H and O–H groups in total. The van der Waals surface area contributed by atoms with Gasteiger partial charge in [0.1, 0.15) is 0 Å². The summed E-state index contributed by atoms with van der Waals surface area (Å²) in [5, 5.41) is 38.3. The van der Waals surface area contributed by atoms with Crippen LogP contribution in [0.2, 0.25) is 0 Å². The van der Waals surface area contributed by atoms with Gasteiger partial charge in [-0.3, -0.25) is 4.90 Å². The number of fused-ring (bicyclic) bond motifs is 1. The molecule has 0 aromatic carbocycles. The first kappa shape index (κ1) is 22.1. The lowest BCUT2D eigenvalue weighted by Gasteiger charge is -2.50. The molecule has 0 aromatic heterocycles. The Morgan fingerprint density at radius 2 is 1.28 bits per heavy atom. The highest BCUT2D eigenvalue weighted by Crippen LogP contribution is 2.34. The summed E-state index contributed by atoms with van der Waals surface area (Å²) in [4.78, 5) is 51.1. The van der Waals surface area contributed by atoms with Gasteiger partial charge >= 0.3 is 24.4 Å². The second-order valence-corrected chi connectivity index (χ2v) is 7.23. The Morgan fingerprint density at radius 1 is 0.759 bits per heavy atom. The topological polar surface area (TPSA) is 162 Å². The van der Waals surface area contributed by atoms with Crippen LogP contribution in [0.1, 0.15) is 19.8 Å². The van der Waals surface area contributed by atoms with Crippen molar-refractivity contribution in [3.63, 3.8) is 0 Å². The first-order valence-corrected chi connectivity index (χ1v) is 9.18. The van der Waals surface area contributed by atoms with Gasteiger partial charge in [0.2, 0.25) is 0 Å². The van der Waals surface area contributed by atoms with Crippen molar-refractivity contribution in [1.29, 1.82) is 0 Å². The van der Waals surface area contributed by atoms with Crippen molar-refractivity contribution in [2.24, 2.45) is 0 Å². The maximum absolute atomic E-state index is 12.0. The van der Waals surface area contributed by atoms with Gasteiger partial charge in [0.25, 0.3) is 0 Å². The Balaban J connectivity index is 2.47. The Labute approximate surface area is 167 Å². The molecule has 0 radical (unpaired) electrons. The predicted molar refractivity (Wildman–Crippen MR) is 99.2 cm³/mol. The molecule has 1 aliphatic carbocycles. The highest BCUT2D eigenvalue weighted by molar-refractivity contribution is 5.69. The first-order valence-electron chi connectivity index (χ1n) is 9.18. The summed E-state index contributed by atoms with van der Waals surface area (Å²) < 4.78 is 0. The molecule has 2 unspecified atom stereocenters. The quantitative estimate of drug-likeness (QED) is 0.432. The largest absolute Gasteiger partial charge is 0.465 e. The zero-order valence-corrected chi connectivity index (χ0v) is 16.1. The van der Waals surface area contributed by atoms with Gasteiger partial charge in [-0.15, -0.1) is 0 Å². The van der Waals surface area contributed by atoms with Gasteiger partial charge in [-0.05, 0) is 19.8 Å². The standard InChI is InChI=1S/C17H26N4O8/c1-17-5-3-2-4-12(17)20(15(26)27)10-8-18(13(22)23)6-7-19(14(24)25)9-11-21(17)16(28)29/h2-3,12H,4-11H2,1H3,(H,22,23)(H,24,25)(H,26,27)(H,28,29). The lowest BCUT2D eigenvalue weighted by molar-refractivity contribution is 0.00506. The third-order valence-electron chi connectivity index (χ3n) is 5.63. The lowest BCUT2D eigenvalue weighted by atomic mass is 9.80. The molecule has 162 valence electrons. The minimum atomic E-state index is -1.28. The van der Waals surface area contributed by atoms with E-state index in [1.807, 2.05) is 0 Å². The van der Waals surface area contributed by atoms with Gasteiger partial charge in [-0.1, -0.05) is 12.2 Å². The monoisotopic (exact) mass is 414 g/mol. The smallest absolute Gasteiger partial charge is 0.407 e. The number of hydrogen-bond acceptors (Lipinski definition) is 4. The zero-order chi connectivity index (χ0) is 21.8. The normalized spacial score (nSPS) is 26.2. The second-order valence-electron chi connectivity index (χ2n) is 7.23. The van der Waals surface area contributed by atoms with Crippen molar-refractivity contribution >= 4 is 24.4 Å². The summed E-state index contributed by atoms with van der Waals surface area (Å²) in [5.74, 6) is 0. The molecule has 0 saturated carbocycles. The van der Waals surface area contributed by atoms with Crippen molar-refractivity contribution in [3.8, 4) is 0 Å². The van der Waals surface area contributed by atoms with Gasteiger partial charge in [-0.25, -0.2) is 19.2 Å². The van der Waals surface area contributed by atoms with Crippen molar-refractivity contribution in [2.45, 2.75) is 31.3 Å². The van der Waals surface area contributed by atoms with E-state index in [0.29, 0.717) is 0 Å². The molecule has 2 rings (SSSR count). The third-order valence-corrected chi connectivity index (χ3v) is 5.63. The van der Waals surface area contributed by atoms with E-state index in [-0.39, 0.29) is 52.1 Å². The number of amides is 4. The molecule has 12 heteroatoms. The summed E-state index contributed by atoms with van der Waals surface area (Å²) in [6.45, 7) is 0.704. The first-order chi connectivity index (χ1) is 13.6. The van der Waals surface area contributed by atoms with Gasteiger partial charge in [0.15, 0.2) is 0 Å². The fourth-order valence-electron chi connectivity index (χ4n) is 3.94. The Bertz CT molecular complexity index is 699. The number of nitrogens with zero attached hydrogens (tertiary/aromatic N) is 4. The Morgan fingerprint density at radius 3 is 1.76 bits per heavy atom. The SMILES string of the molecule is CC12CC=CCC1N(C(=O)O)CCN(C(=O)O)CCN(C(=O)O)CCN2C(=O)O. The minimum Gasteiger partial charge on any atom is -0.465 e. The molecule has 0 spiro atoms. The van der Waals surface area contributed by atoms with Crippen molar-refractivity contribution < 1.29 is 39.6 Å². The van der Waals surface area contributed by atoms with Crippen LogP contribution in [0, 0.1) is 0 Å². The minimum absolute atomic E-state index is 0.149. The van der Waals surface area contributed by atoms with Gasteiger partial charge in [0, 0.05) is 39.3 Å². The number of carboxylic acid groups (broad SMARTS) is 4. The number of carbonyl (C=O) groups is 4. The molecule has 1 aliphatic heterocycles. The average Bonchev–Trinajstić information content (AvgIpc) is 2.61. The van der Waals surface area contributed by atoms with E-state index < -0.39 is 36.0 Å². The lowest BCUT2D eigenvalue weighted by Crippen LogP contribution is -2.65. The highest BCUT2D eigenvalue weighted by atomic mass is 16.4. The van der Waals surface area contributed by atoms with E-state index in [2.05, 4.69) is 0 Å². The number of rotatable bonds is 0. The molecule has 1 saturated heterocycles. The number of hydrogen-bond donors (Lipinski definition) is 4. The van der Waals surface area contributed by atoms with Crippen LogP contribution in [-0.4, -0.2) is 115 Å². The van der Waals surface area contributed by atoms with Crippen LogP contribution in [0.3, 0.4) is 0 Å². The van der Waals surface area contributed by atoms with E-state index in [4.69, 9.17) is 0 Å². The van der Waals surface area contributed by atoms with Gasteiger partial charge < -0.3 is 35.1 Å². The Kier molecular flexibility index (Phi) is 6.77. The molecular formula is C17H26N4O8. The summed E-state index contributed by atoms with van der Waals surface area (Å²) in [6, 6.07) is -0.741. The summed E-state index contributed by atoms with van der Waals surface area (Å²) in [5.41, 5.74) is -1.13. The maximum Gasteiger partial charge on any atom is 0.407 e. The molecule has 29 heavy (non-hydrogen) atoms. The zero-order valence-electron chi connectivity index (χ0n) is 16.1. The fraction of sp³-hybridized carbons (Fsp3) is 0.647. The molecule has 2 atom stereocenters.